The number of nitrogens with one attached hydrogen (secondary N) is 2. The van der Waals surface area contributed by atoms with Crippen molar-refractivity contribution in [1.82, 2.24) is 40.1 Å². The number of anilines is 1. The van der Waals surface area contributed by atoms with Crippen LogP contribution < -0.4 is 10.1 Å². The normalized spacial score (nSPS) is 23.3. The monoisotopic (exact) mass is 425 g/mol. The molecule has 4 aromatic rings. The van der Waals surface area contributed by atoms with Crippen LogP contribution in [0.5, 0.6) is 5.75 Å². The van der Waals surface area contributed by atoms with Crippen molar-refractivity contribution in [2.75, 3.05) is 12.4 Å². The van der Waals surface area contributed by atoms with Crippen LogP contribution in [0.15, 0.2) is 36.9 Å². The van der Waals surface area contributed by atoms with E-state index < -0.39 is 24.5 Å². The van der Waals surface area contributed by atoms with E-state index in [1.165, 1.54) is 12.7 Å². The lowest BCUT2D eigenvalue weighted by Gasteiger charge is -2.16. The second-order valence-electron chi connectivity index (χ2n) is 6.95. The molecule has 1 aliphatic heterocycles. The molecule has 1 aromatic carbocycles. The molecule has 4 heterocycles. The van der Waals surface area contributed by atoms with E-state index in [9.17, 15) is 10.2 Å². The molecule has 0 bridgehead atoms. The van der Waals surface area contributed by atoms with E-state index in [-0.39, 0.29) is 5.82 Å². The standard InChI is InChI=1S/C18H19N9O4/c1-30-10-4-2-9(3-5-10)6-19-15-11-17(21-7-20-15)27(8-22-11)18-13(29)12(28)14(31-18)16-23-25-26-24-16/h2-5,7-8,12-14,18,28-29H,6H2,1H3,(H,19,20,21)(H,23,24,25,26)/t12?,13?,14-,18+/m0/s1. The highest BCUT2D eigenvalue weighted by atomic mass is 16.6. The van der Waals surface area contributed by atoms with E-state index in [4.69, 9.17) is 9.47 Å². The summed E-state index contributed by atoms with van der Waals surface area (Å²) in [5, 5.41) is 37.6. The topological polar surface area (TPSA) is 169 Å². The first kappa shape index (κ1) is 19.3. The van der Waals surface area contributed by atoms with Crippen molar-refractivity contribution in [3.05, 3.63) is 48.3 Å². The molecule has 1 fully saturated rings. The van der Waals surface area contributed by atoms with Gasteiger partial charge < -0.3 is 25.0 Å². The lowest BCUT2D eigenvalue weighted by molar-refractivity contribution is -0.0383. The Morgan fingerprint density at radius 1 is 1.16 bits per heavy atom. The summed E-state index contributed by atoms with van der Waals surface area (Å²) in [5.41, 5.74) is 1.98. The number of benzene rings is 1. The lowest BCUT2D eigenvalue weighted by Crippen LogP contribution is -2.29. The Morgan fingerprint density at radius 3 is 2.74 bits per heavy atom. The third kappa shape index (κ3) is 3.43. The van der Waals surface area contributed by atoms with Crippen LogP contribution in [-0.4, -0.2) is 69.7 Å². The average molecular weight is 425 g/mol. The molecule has 0 aliphatic carbocycles. The minimum atomic E-state index is -1.24. The Balaban J connectivity index is 1.39. The van der Waals surface area contributed by atoms with Crippen LogP contribution in [-0.2, 0) is 11.3 Å². The molecule has 13 heteroatoms. The third-order valence-electron chi connectivity index (χ3n) is 5.11. The van der Waals surface area contributed by atoms with E-state index in [1.807, 2.05) is 24.3 Å². The van der Waals surface area contributed by atoms with Crippen LogP contribution in [0, 0.1) is 0 Å². The zero-order valence-corrected chi connectivity index (χ0v) is 16.3. The highest BCUT2D eigenvalue weighted by Crippen LogP contribution is 2.38. The minimum absolute atomic E-state index is 0.148. The summed E-state index contributed by atoms with van der Waals surface area (Å²) in [7, 11) is 1.62. The number of methoxy groups -OCH3 is 1. The number of nitrogens with zero attached hydrogens (tertiary/aromatic N) is 7. The van der Waals surface area contributed by atoms with Crippen molar-refractivity contribution in [2.45, 2.75) is 31.1 Å². The van der Waals surface area contributed by atoms with Crippen LogP contribution in [0.2, 0.25) is 0 Å². The number of hydrogen-bond acceptors (Lipinski definition) is 11. The van der Waals surface area contributed by atoms with Gasteiger partial charge in [0.2, 0.25) is 5.82 Å². The Hall–Kier alpha value is -3.68. The molecule has 5 rings (SSSR count). The summed E-state index contributed by atoms with van der Waals surface area (Å²) >= 11 is 0. The fourth-order valence-electron chi connectivity index (χ4n) is 3.49. The first-order valence-corrected chi connectivity index (χ1v) is 9.45. The number of aliphatic hydroxyl groups excluding tert-OH is 2. The molecule has 3 aromatic heterocycles. The van der Waals surface area contributed by atoms with E-state index in [0.717, 1.165) is 11.3 Å². The molecule has 1 aliphatic rings. The summed E-state index contributed by atoms with van der Waals surface area (Å²) in [6.07, 6.45) is -1.48. The maximum absolute atomic E-state index is 10.5. The minimum Gasteiger partial charge on any atom is -0.497 e. The molecule has 2 unspecified atom stereocenters. The molecule has 0 spiro atoms. The summed E-state index contributed by atoms with van der Waals surface area (Å²) < 4.78 is 12.5. The Bertz CT molecular complexity index is 1160. The number of fused-ring (bicyclic) bond motifs is 1. The summed E-state index contributed by atoms with van der Waals surface area (Å²) in [6, 6.07) is 7.66. The number of imidazole rings is 1. The number of aromatic nitrogens is 8. The molecule has 4 N–H and O–H groups in total. The lowest BCUT2D eigenvalue weighted by atomic mass is 10.1. The average Bonchev–Trinajstić information content (AvgIpc) is 3.53. The van der Waals surface area contributed by atoms with Crippen LogP contribution in [0.3, 0.4) is 0 Å². The van der Waals surface area contributed by atoms with E-state index in [1.54, 1.807) is 11.7 Å². The molecule has 31 heavy (non-hydrogen) atoms. The molecule has 160 valence electrons. The zero-order chi connectivity index (χ0) is 21.4. The van der Waals surface area contributed by atoms with Gasteiger partial charge in [-0.05, 0) is 17.7 Å². The highest BCUT2D eigenvalue weighted by Gasteiger charge is 2.47. The number of aromatic amines is 1. The Morgan fingerprint density at radius 2 is 2.00 bits per heavy atom. The smallest absolute Gasteiger partial charge is 0.206 e. The van der Waals surface area contributed by atoms with Crippen molar-refractivity contribution < 1.29 is 19.7 Å². The number of rotatable bonds is 6. The maximum atomic E-state index is 10.5. The van der Waals surface area contributed by atoms with Crippen molar-refractivity contribution >= 4 is 17.0 Å². The summed E-state index contributed by atoms with van der Waals surface area (Å²) in [5.74, 6) is 1.46. The van der Waals surface area contributed by atoms with E-state index in [2.05, 4.69) is 40.9 Å². The highest BCUT2D eigenvalue weighted by molar-refractivity contribution is 5.82. The van der Waals surface area contributed by atoms with Crippen LogP contribution >= 0.6 is 0 Å². The largest absolute Gasteiger partial charge is 0.497 e. The predicted molar refractivity (Wildman–Crippen MR) is 105 cm³/mol. The molecule has 1 saturated heterocycles. The number of hydrogen-bond donors (Lipinski definition) is 4. The van der Waals surface area contributed by atoms with Crippen molar-refractivity contribution in [2.24, 2.45) is 0 Å². The van der Waals surface area contributed by atoms with Crippen LogP contribution in [0.4, 0.5) is 5.82 Å². The van der Waals surface area contributed by atoms with Crippen molar-refractivity contribution in [3.8, 4) is 5.75 Å². The maximum Gasteiger partial charge on any atom is 0.206 e. The van der Waals surface area contributed by atoms with Gasteiger partial charge in [0.15, 0.2) is 29.3 Å². The molecule has 0 amide bonds. The predicted octanol–water partition coefficient (Wildman–Crippen LogP) is -0.0480. The molecule has 13 nitrogen and oxygen atoms in total. The molecule has 4 atom stereocenters. The van der Waals surface area contributed by atoms with Gasteiger partial charge in [-0.15, -0.1) is 10.2 Å². The van der Waals surface area contributed by atoms with Crippen molar-refractivity contribution in [3.63, 3.8) is 0 Å². The summed E-state index contributed by atoms with van der Waals surface area (Å²) in [6.45, 7) is 0.518. The molecular weight excluding hydrogens is 406 g/mol. The number of ether oxygens (including phenoxy) is 2. The fraction of sp³-hybridized carbons (Fsp3) is 0.333. The summed E-state index contributed by atoms with van der Waals surface area (Å²) in [4.78, 5) is 12.9. The fourth-order valence-corrected chi connectivity index (χ4v) is 3.49. The number of tetrazole rings is 1. The van der Waals surface area contributed by atoms with Gasteiger partial charge in [0.1, 0.15) is 24.3 Å². The Kier molecular flexibility index (Phi) is 4.89. The third-order valence-corrected chi connectivity index (χ3v) is 5.11. The van der Waals surface area contributed by atoms with Crippen LogP contribution in [0.25, 0.3) is 11.2 Å². The second kappa shape index (κ2) is 7.86. The number of H-pyrrole nitrogens is 1. The quantitative estimate of drug-likeness (QED) is 0.327. The van der Waals surface area contributed by atoms with Gasteiger partial charge in [0.05, 0.1) is 13.4 Å². The van der Waals surface area contributed by atoms with E-state index >= 15 is 0 Å². The second-order valence-corrected chi connectivity index (χ2v) is 6.95. The first-order valence-electron chi connectivity index (χ1n) is 9.45. The van der Waals surface area contributed by atoms with Gasteiger partial charge >= 0.3 is 0 Å². The van der Waals surface area contributed by atoms with Gasteiger partial charge in [-0.1, -0.05) is 17.3 Å². The number of aliphatic hydroxyl groups is 2. The Labute approximate surface area is 175 Å². The van der Waals surface area contributed by atoms with Gasteiger partial charge in [-0.25, -0.2) is 15.0 Å². The molecular formula is C18H19N9O4. The van der Waals surface area contributed by atoms with Gasteiger partial charge in [0, 0.05) is 6.54 Å². The van der Waals surface area contributed by atoms with Gasteiger partial charge in [-0.3, -0.25) is 4.57 Å². The SMILES string of the molecule is COc1ccc(CNc2ncnc3c2ncn3[C@@H]2O[C@H](c3nn[nH]n3)C(O)C2O)cc1. The first-order chi connectivity index (χ1) is 15.2. The zero-order valence-electron chi connectivity index (χ0n) is 16.3. The molecule has 0 radical (unpaired) electrons. The van der Waals surface area contributed by atoms with Crippen molar-refractivity contribution in [1.29, 1.82) is 0 Å². The van der Waals surface area contributed by atoms with E-state index in [0.29, 0.717) is 23.5 Å². The molecule has 0 saturated carbocycles. The van der Waals surface area contributed by atoms with Crippen LogP contribution in [0.1, 0.15) is 23.7 Å². The van der Waals surface area contributed by atoms with Gasteiger partial charge in [-0.2, -0.15) is 5.21 Å². The van der Waals surface area contributed by atoms with Gasteiger partial charge in [0.25, 0.3) is 0 Å².